The van der Waals surface area contributed by atoms with Crippen LogP contribution < -0.4 is 4.74 Å². The van der Waals surface area contributed by atoms with Gasteiger partial charge in [0.2, 0.25) is 5.91 Å². The van der Waals surface area contributed by atoms with Gasteiger partial charge in [0.25, 0.3) is 0 Å². The molecule has 3 aliphatic rings. The first-order valence-corrected chi connectivity index (χ1v) is 10.5. The second kappa shape index (κ2) is 8.37. The summed E-state index contributed by atoms with van der Waals surface area (Å²) in [6.07, 6.45) is 6.21. The number of carbonyl (C=O) groups is 1. The van der Waals surface area contributed by atoms with Gasteiger partial charge < -0.3 is 14.4 Å². The number of piperidine rings is 2. The van der Waals surface area contributed by atoms with Crippen molar-refractivity contribution in [1.29, 1.82) is 0 Å². The Labute approximate surface area is 166 Å². The molecule has 1 aromatic rings. The van der Waals surface area contributed by atoms with Crippen LogP contribution in [0.2, 0.25) is 0 Å². The number of carbonyl (C=O) groups excluding carboxylic acids is 1. The Morgan fingerprint density at radius 1 is 1.29 bits per heavy atom. The van der Waals surface area contributed by atoms with E-state index in [1.165, 1.54) is 6.07 Å². The molecule has 1 unspecified atom stereocenters. The molecule has 1 aromatic carbocycles. The lowest BCUT2D eigenvalue weighted by atomic mass is 9.72. The summed E-state index contributed by atoms with van der Waals surface area (Å²) in [6.45, 7) is 5.10. The van der Waals surface area contributed by atoms with E-state index in [-0.39, 0.29) is 23.2 Å². The molecule has 0 saturated carbocycles. The largest absolute Gasteiger partial charge is 0.496 e. The van der Waals surface area contributed by atoms with Crippen molar-refractivity contribution in [3.8, 4) is 5.75 Å². The number of halogens is 1. The highest BCUT2D eigenvalue weighted by atomic mass is 19.1. The minimum Gasteiger partial charge on any atom is -0.496 e. The molecule has 3 saturated heterocycles. The zero-order chi connectivity index (χ0) is 19.6. The third kappa shape index (κ3) is 4.33. The fourth-order valence-corrected chi connectivity index (χ4v) is 5.01. The van der Waals surface area contributed by atoms with Crippen LogP contribution in [0.25, 0.3) is 0 Å². The average molecular weight is 390 g/mol. The van der Waals surface area contributed by atoms with Gasteiger partial charge in [-0.15, -0.1) is 0 Å². The predicted octanol–water partition coefficient (Wildman–Crippen LogP) is 3.22. The van der Waals surface area contributed by atoms with Crippen molar-refractivity contribution >= 4 is 5.91 Å². The van der Waals surface area contributed by atoms with Crippen LogP contribution in [0.1, 0.15) is 44.1 Å². The van der Waals surface area contributed by atoms with E-state index in [9.17, 15) is 9.18 Å². The van der Waals surface area contributed by atoms with Crippen molar-refractivity contribution in [3.05, 3.63) is 29.6 Å². The number of benzene rings is 1. The van der Waals surface area contributed by atoms with Gasteiger partial charge in [0.05, 0.1) is 13.2 Å². The quantitative estimate of drug-likeness (QED) is 0.774. The van der Waals surface area contributed by atoms with Gasteiger partial charge in [-0.2, -0.15) is 0 Å². The van der Waals surface area contributed by atoms with Crippen LogP contribution in [0.4, 0.5) is 4.39 Å². The van der Waals surface area contributed by atoms with Gasteiger partial charge in [0, 0.05) is 38.2 Å². The molecule has 3 aliphatic heterocycles. The van der Waals surface area contributed by atoms with E-state index in [1.807, 2.05) is 0 Å². The molecular formula is C22H31FN2O3. The van der Waals surface area contributed by atoms with E-state index < -0.39 is 0 Å². The van der Waals surface area contributed by atoms with Crippen LogP contribution in [0.15, 0.2) is 18.2 Å². The maximum absolute atomic E-state index is 13.6. The minimum atomic E-state index is -0.222. The van der Waals surface area contributed by atoms with Crippen molar-refractivity contribution in [2.24, 2.45) is 5.41 Å². The fourth-order valence-electron chi connectivity index (χ4n) is 5.01. The SMILES string of the molecule is COc1ccc(F)cc1CN1CCC2(CCC(=O)N(CC3CCCO3)C2)CC1. The maximum atomic E-state index is 13.6. The second-order valence-corrected chi connectivity index (χ2v) is 8.64. The molecule has 5 nitrogen and oxygen atoms in total. The lowest BCUT2D eigenvalue weighted by Gasteiger charge is -2.48. The normalized spacial score (nSPS) is 25.4. The predicted molar refractivity (Wildman–Crippen MR) is 105 cm³/mol. The highest BCUT2D eigenvalue weighted by Crippen LogP contribution is 2.41. The Balaban J connectivity index is 1.35. The summed E-state index contributed by atoms with van der Waals surface area (Å²) < 4.78 is 24.8. The molecule has 28 heavy (non-hydrogen) atoms. The fraction of sp³-hybridized carbons (Fsp3) is 0.682. The van der Waals surface area contributed by atoms with Crippen LogP contribution in [0.5, 0.6) is 5.75 Å². The summed E-state index contributed by atoms with van der Waals surface area (Å²) in [5.74, 6) is 0.806. The number of amides is 1. The highest BCUT2D eigenvalue weighted by Gasteiger charge is 2.41. The minimum absolute atomic E-state index is 0.222. The first-order valence-electron chi connectivity index (χ1n) is 10.5. The van der Waals surface area contributed by atoms with E-state index in [0.717, 1.165) is 76.2 Å². The molecule has 0 aliphatic carbocycles. The van der Waals surface area contributed by atoms with Crippen molar-refractivity contribution in [1.82, 2.24) is 9.80 Å². The monoisotopic (exact) mass is 390 g/mol. The average Bonchev–Trinajstić information content (AvgIpc) is 3.20. The smallest absolute Gasteiger partial charge is 0.222 e. The van der Waals surface area contributed by atoms with Crippen LogP contribution >= 0.6 is 0 Å². The molecule has 6 heteroatoms. The molecule has 0 aromatic heterocycles. The Hall–Kier alpha value is -1.66. The third-order valence-corrected chi connectivity index (χ3v) is 6.75. The molecule has 154 valence electrons. The summed E-state index contributed by atoms with van der Waals surface area (Å²) in [4.78, 5) is 16.9. The summed E-state index contributed by atoms with van der Waals surface area (Å²) in [5, 5.41) is 0. The van der Waals surface area contributed by atoms with E-state index in [1.54, 1.807) is 19.2 Å². The molecule has 0 radical (unpaired) electrons. The number of hydrogen-bond donors (Lipinski definition) is 0. The Morgan fingerprint density at radius 2 is 2.11 bits per heavy atom. The standard InChI is InChI=1S/C22H31FN2O3/c1-27-20-5-4-18(23)13-17(20)14-24-10-8-22(9-11-24)7-6-21(26)25(16-22)15-19-3-2-12-28-19/h4-5,13,19H,2-3,6-12,14-16H2,1H3. The van der Waals surface area contributed by atoms with Gasteiger partial charge in [-0.25, -0.2) is 4.39 Å². The van der Waals surface area contributed by atoms with Crippen LogP contribution in [0.3, 0.4) is 0 Å². The van der Waals surface area contributed by atoms with Gasteiger partial charge in [-0.1, -0.05) is 0 Å². The van der Waals surface area contributed by atoms with Gasteiger partial charge in [-0.3, -0.25) is 9.69 Å². The van der Waals surface area contributed by atoms with E-state index in [4.69, 9.17) is 9.47 Å². The van der Waals surface area contributed by atoms with Gasteiger partial charge in [-0.05, 0) is 68.8 Å². The third-order valence-electron chi connectivity index (χ3n) is 6.75. The molecule has 3 heterocycles. The maximum Gasteiger partial charge on any atom is 0.222 e. The summed E-state index contributed by atoms with van der Waals surface area (Å²) in [5.41, 5.74) is 1.13. The van der Waals surface area contributed by atoms with Crippen LogP contribution in [0, 0.1) is 11.2 Å². The zero-order valence-corrected chi connectivity index (χ0v) is 16.8. The Morgan fingerprint density at radius 3 is 2.82 bits per heavy atom. The molecule has 3 fully saturated rings. The molecule has 1 spiro atoms. The number of nitrogens with zero attached hydrogens (tertiary/aromatic N) is 2. The first kappa shape index (κ1) is 19.6. The zero-order valence-electron chi connectivity index (χ0n) is 16.8. The van der Waals surface area contributed by atoms with Crippen LogP contribution in [-0.4, -0.2) is 61.7 Å². The molecule has 1 atom stereocenters. The van der Waals surface area contributed by atoms with E-state index >= 15 is 0 Å². The lowest BCUT2D eigenvalue weighted by molar-refractivity contribution is -0.141. The van der Waals surface area contributed by atoms with E-state index in [2.05, 4.69) is 9.80 Å². The molecule has 1 amide bonds. The molecule has 4 rings (SSSR count). The van der Waals surface area contributed by atoms with E-state index in [0.29, 0.717) is 13.0 Å². The number of rotatable bonds is 5. The van der Waals surface area contributed by atoms with Crippen LogP contribution in [-0.2, 0) is 16.1 Å². The number of methoxy groups -OCH3 is 1. The number of ether oxygens (including phenoxy) is 2. The molecule has 0 N–H and O–H groups in total. The Bertz CT molecular complexity index is 697. The van der Waals surface area contributed by atoms with Crippen molar-refractivity contribution in [2.45, 2.75) is 51.2 Å². The summed E-state index contributed by atoms with van der Waals surface area (Å²) in [7, 11) is 1.63. The number of hydrogen-bond acceptors (Lipinski definition) is 4. The van der Waals surface area contributed by atoms with Gasteiger partial charge in [0.15, 0.2) is 0 Å². The second-order valence-electron chi connectivity index (χ2n) is 8.64. The first-order chi connectivity index (χ1) is 13.6. The van der Waals surface area contributed by atoms with Gasteiger partial charge >= 0.3 is 0 Å². The molecular weight excluding hydrogens is 359 g/mol. The highest BCUT2D eigenvalue weighted by molar-refractivity contribution is 5.77. The summed E-state index contributed by atoms with van der Waals surface area (Å²) >= 11 is 0. The lowest BCUT2D eigenvalue weighted by Crippen LogP contribution is -2.52. The molecule has 0 bridgehead atoms. The van der Waals surface area contributed by atoms with Crippen molar-refractivity contribution in [3.63, 3.8) is 0 Å². The summed E-state index contributed by atoms with van der Waals surface area (Å²) in [6, 6.07) is 4.72. The Kier molecular flexibility index (Phi) is 5.88. The number of likely N-dealkylation sites (tertiary alicyclic amines) is 2. The topological polar surface area (TPSA) is 42.0 Å². The van der Waals surface area contributed by atoms with Crippen molar-refractivity contribution < 1.29 is 18.7 Å². The van der Waals surface area contributed by atoms with Crippen molar-refractivity contribution in [2.75, 3.05) is 39.9 Å². The van der Waals surface area contributed by atoms with Gasteiger partial charge in [0.1, 0.15) is 11.6 Å².